The van der Waals surface area contributed by atoms with Crippen molar-refractivity contribution in [3.8, 4) is 22.3 Å². The van der Waals surface area contributed by atoms with Crippen LogP contribution in [0, 0.1) is 0 Å². The smallest absolute Gasteiger partial charge is 0.0465 e. The maximum absolute atomic E-state index is 2.48. The quantitative estimate of drug-likeness (QED) is 0.178. The SMILES string of the molecule is CC1(C)c2ccccc2-c2ccc(N(c3ccccc3)c3ccc4c(c3)C(C)(C)C(C)(C)c3c-4ccc4ccc5ccccc5c34)cc21. The Labute approximate surface area is 284 Å². The molecule has 0 fully saturated rings. The Hall–Kier alpha value is -5.14. The molecule has 0 aliphatic heterocycles. The van der Waals surface area contributed by atoms with Crippen molar-refractivity contribution in [1.29, 1.82) is 0 Å². The van der Waals surface area contributed by atoms with Crippen LogP contribution < -0.4 is 4.90 Å². The van der Waals surface area contributed by atoms with Crippen LogP contribution in [0.2, 0.25) is 0 Å². The van der Waals surface area contributed by atoms with Crippen LogP contribution in [0.4, 0.5) is 17.1 Å². The Kier molecular flexibility index (Phi) is 6.01. The molecule has 7 aromatic rings. The van der Waals surface area contributed by atoms with Crippen LogP contribution in [0.1, 0.15) is 63.8 Å². The maximum Gasteiger partial charge on any atom is 0.0465 e. The Morgan fingerprint density at radius 2 is 0.958 bits per heavy atom. The van der Waals surface area contributed by atoms with Crippen molar-refractivity contribution in [2.24, 2.45) is 0 Å². The Morgan fingerprint density at radius 1 is 0.396 bits per heavy atom. The van der Waals surface area contributed by atoms with Gasteiger partial charge in [0.1, 0.15) is 0 Å². The molecule has 0 spiro atoms. The van der Waals surface area contributed by atoms with Crippen LogP contribution in [-0.4, -0.2) is 0 Å². The summed E-state index contributed by atoms with van der Waals surface area (Å²) in [5.41, 5.74) is 14.2. The summed E-state index contributed by atoms with van der Waals surface area (Å²) in [6, 6.07) is 52.2. The molecule has 0 heterocycles. The summed E-state index contributed by atoms with van der Waals surface area (Å²) < 4.78 is 0. The van der Waals surface area contributed by atoms with Gasteiger partial charge in [0.25, 0.3) is 0 Å². The Morgan fingerprint density at radius 3 is 1.73 bits per heavy atom. The zero-order valence-electron chi connectivity index (χ0n) is 28.7. The number of rotatable bonds is 3. The predicted octanol–water partition coefficient (Wildman–Crippen LogP) is 13.0. The average molecular weight is 620 g/mol. The van der Waals surface area contributed by atoms with Gasteiger partial charge in [0.05, 0.1) is 0 Å². The van der Waals surface area contributed by atoms with E-state index in [0.29, 0.717) is 0 Å². The van der Waals surface area contributed by atoms with Gasteiger partial charge < -0.3 is 4.90 Å². The Bertz CT molecular complexity index is 2430. The van der Waals surface area contributed by atoms with Gasteiger partial charge in [-0.15, -0.1) is 0 Å². The molecular weight excluding hydrogens is 579 g/mol. The highest BCUT2D eigenvalue weighted by molar-refractivity contribution is 6.12. The van der Waals surface area contributed by atoms with E-state index in [2.05, 4.69) is 186 Å². The summed E-state index contributed by atoms with van der Waals surface area (Å²) in [5.74, 6) is 0. The standard InChI is InChI=1S/C47H41N/c1-45(2)40-19-13-12-18-36(40)37-26-23-33(28-41(37)45)48(32-15-8-7-9-16-32)34-24-27-38-39-25-22-31-21-20-30-14-10-11-17-35(30)43(31)44(39)47(5,6)46(3,4)42(38)29-34/h7-29H,1-6H3. The molecule has 0 atom stereocenters. The molecule has 9 rings (SSSR count). The average Bonchev–Trinajstić information content (AvgIpc) is 3.33. The summed E-state index contributed by atoms with van der Waals surface area (Å²) in [7, 11) is 0. The molecule has 0 N–H and O–H groups in total. The molecule has 2 aliphatic rings. The first-order chi connectivity index (χ1) is 23.1. The van der Waals surface area contributed by atoms with E-state index in [1.54, 1.807) is 0 Å². The summed E-state index contributed by atoms with van der Waals surface area (Å²) in [6.07, 6.45) is 0. The topological polar surface area (TPSA) is 3.24 Å². The number of benzene rings is 7. The second-order valence-electron chi connectivity index (χ2n) is 15.4. The van der Waals surface area contributed by atoms with E-state index in [0.717, 1.165) is 5.69 Å². The lowest BCUT2D eigenvalue weighted by Crippen LogP contribution is -2.43. The highest BCUT2D eigenvalue weighted by Gasteiger charge is 2.47. The first-order valence-corrected chi connectivity index (χ1v) is 17.3. The third-order valence-corrected chi connectivity index (χ3v) is 12.2. The van der Waals surface area contributed by atoms with Crippen LogP contribution in [0.25, 0.3) is 43.8 Å². The fourth-order valence-electron chi connectivity index (χ4n) is 8.90. The van der Waals surface area contributed by atoms with Gasteiger partial charge in [0.15, 0.2) is 0 Å². The molecule has 0 amide bonds. The number of para-hydroxylation sites is 1. The fourth-order valence-corrected chi connectivity index (χ4v) is 8.90. The minimum Gasteiger partial charge on any atom is -0.310 e. The van der Waals surface area contributed by atoms with Gasteiger partial charge in [-0.3, -0.25) is 0 Å². The number of fused-ring (bicyclic) bond motifs is 10. The van der Waals surface area contributed by atoms with Gasteiger partial charge in [-0.1, -0.05) is 145 Å². The van der Waals surface area contributed by atoms with E-state index in [4.69, 9.17) is 0 Å². The zero-order chi connectivity index (χ0) is 33.0. The van der Waals surface area contributed by atoms with Crippen molar-refractivity contribution in [2.75, 3.05) is 4.90 Å². The summed E-state index contributed by atoms with van der Waals surface area (Å²) in [5, 5.41) is 5.35. The van der Waals surface area contributed by atoms with E-state index in [9.17, 15) is 0 Å². The molecule has 1 nitrogen and oxygen atoms in total. The lowest BCUT2D eigenvalue weighted by atomic mass is 9.54. The highest BCUT2D eigenvalue weighted by Crippen LogP contribution is 2.57. The van der Waals surface area contributed by atoms with Crippen molar-refractivity contribution < 1.29 is 0 Å². The summed E-state index contributed by atoms with van der Waals surface area (Å²) in [6.45, 7) is 14.5. The number of anilines is 3. The predicted molar refractivity (Wildman–Crippen MR) is 205 cm³/mol. The molecule has 0 unspecified atom stereocenters. The van der Waals surface area contributed by atoms with E-state index in [-0.39, 0.29) is 16.2 Å². The molecule has 1 heteroatoms. The molecule has 7 aromatic carbocycles. The molecule has 48 heavy (non-hydrogen) atoms. The van der Waals surface area contributed by atoms with Crippen molar-refractivity contribution >= 4 is 38.6 Å². The number of hydrogen-bond acceptors (Lipinski definition) is 1. The molecule has 234 valence electrons. The lowest BCUT2D eigenvalue weighted by Gasteiger charge is -2.49. The first-order valence-electron chi connectivity index (χ1n) is 17.3. The van der Waals surface area contributed by atoms with Crippen LogP contribution in [0.15, 0.2) is 140 Å². The minimum absolute atomic E-state index is 0.0666. The van der Waals surface area contributed by atoms with Crippen LogP contribution in [0.5, 0.6) is 0 Å². The molecule has 2 aliphatic carbocycles. The third kappa shape index (κ3) is 3.85. The maximum atomic E-state index is 2.48. The van der Waals surface area contributed by atoms with E-state index in [1.165, 1.54) is 77.4 Å². The molecule has 0 saturated heterocycles. The van der Waals surface area contributed by atoms with Crippen molar-refractivity contribution in [1.82, 2.24) is 0 Å². The molecule has 0 radical (unpaired) electrons. The minimum atomic E-state index is -0.138. The largest absolute Gasteiger partial charge is 0.310 e. The van der Waals surface area contributed by atoms with Crippen LogP contribution >= 0.6 is 0 Å². The third-order valence-electron chi connectivity index (χ3n) is 12.2. The lowest BCUT2D eigenvalue weighted by molar-refractivity contribution is 0.301. The molecular formula is C47H41N. The van der Waals surface area contributed by atoms with Gasteiger partial charge >= 0.3 is 0 Å². The molecule has 0 saturated carbocycles. The highest BCUT2D eigenvalue weighted by atomic mass is 15.1. The van der Waals surface area contributed by atoms with Crippen molar-refractivity contribution in [3.05, 3.63) is 162 Å². The van der Waals surface area contributed by atoms with Crippen LogP contribution in [0.3, 0.4) is 0 Å². The summed E-state index contributed by atoms with van der Waals surface area (Å²) >= 11 is 0. The van der Waals surface area contributed by atoms with Gasteiger partial charge in [-0.05, 0) is 108 Å². The fraction of sp³-hybridized carbons (Fsp3) is 0.191. The van der Waals surface area contributed by atoms with Gasteiger partial charge in [0.2, 0.25) is 0 Å². The van der Waals surface area contributed by atoms with E-state index >= 15 is 0 Å². The van der Waals surface area contributed by atoms with Gasteiger partial charge in [0, 0.05) is 27.9 Å². The van der Waals surface area contributed by atoms with Crippen molar-refractivity contribution in [3.63, 3.8) is 0 Å². The number of hydrogen-bond donors (Lipinski definition) is 0. The summed E-state index contributed by atoms with van der Waals surface area (Å²) in [4.78, 5) is 2.45. The Balaban J connectivity index is 1.27. The second kappa shape index (κ2) is 9.94. The molecule has 0 bridgehead atoms. The normalized spacial score (nSPS) is 16.2. The zero-order valence-corrected chi connectivity index (χ0v) is 28.7. The van der Waals surface area contributed by atoms with E-state index in [1.807, 2.05) is 0 Å². The molecule has 0 aromatic heterocycles. The van der Waals surface area contributed by atoms with Crippen LogP contribution in [-0.2, 0) is 16.2 Å². The first kappa shape index (κ1) is 29.0. The van der Waals surface area contributed by atoms with Gasteiger partial charge in [-0.2, -0.15) is 0 Å². The second-order valence-corrected chi connectivity index (χ2v) is 15.4. The monoisotopic (exact) mass is 619 g/mol. The van der Waals surface area contributed by atoms with Gasteiger partial charge in [-0.25, -0.2) is 0 Å². The van der Waals surface area contributed by atoms with E-state index < -0.39 is 0 Å². The number of nitrogens with zero attached hydrogens (tertiary/aromatic N) is 1. The van der Waals surface area contributed by atoms with Crippen molar-refractivity contribution in [2.45, 2.75) is 57.8 Å².